The molecule has 0 bridgehead atoms. The van der Waals surface area contributed by atoms with Gasteiger partial charge in [-0.05, 0) is 73.3 Å². The second-order valence-electron chi connectivity index (χ2n) is 9.57. The topological polar surface area (TPSA) is 43.4 Å². The zero-order valence-electron chi connectivity index (χ0n) is 16.7. The lowest BCUT2D eigenvalue weighted by Gasteiger charge is -2.57. The molecule has 28 heavy (non-hydrogen) atoms. The first kappa shape index (κ1) is 17.9. The van der Waals surface area contributed by atoms with Gasteiger partial charge in [-0.15, -0.1) is 0 Å². The Kier molecular flexibility index (Phi) is 3.94. The molecule has 4 aliphatic carbocycles. The molecule has 0 aliphatic heterocycles. The highest BCUT2D eigenvalue weighted by molar-refractivity contribution is 6.01. The van der Waals surface area contributed by atoms with Crippen molar-refractivity contribution in [2.45, 2.75) is 52.1 Å². The lowest BCUT2D eigenvalue weighted by molar-refractivity contribution is -0.132. The fourth-order valence-corrected chi connectivity index (χ4v) is 6.77. The van der Waals surface area contributed by atoms with Crippen LogP contribution in [0.4, 0.5) is 0 Å². The molecule has 1 aromatic carbocycles. The van der Waals surface area contributed by atoms with E-state index in [1.807, 2.05) is 36.4 Å². The average molecular weight is 376 g/mol. The molecule has 3 fully saturated rings. The highest BCUT2D eigenvalue weighted by Crippen LogP contribution is 2.63. The predicted octanol–water partition coefficient (Wildman–Crippen LogP) is 4.92. The number of para-hydroxylation sites is 1. The van der Waals surface area contributed by atoms with Gasteiger partial charge >= 0.3 is 0 Å². The van der Waals surface area contributed by atoms with Crippen LogP contribution in [0, 0.1) is 28.6 Å². The van der Waals surface area contributed by atoms with Crippen LogP contribution in [0.3, 0.4) is 0 Å². The minimum Gasteiger partial charge on any atom is -0.486 e. The van der Waals surface area contributed by atoms with E-state index in [1.54, 1.807) is 6.08 Å². The zero-order chi connectivity index (χ0) is 19.5. The number of fused-ring (bicyclic) bond motifs is 5. The average Bonchev–Trinajstić information content (AvgIpc) is 2.99. The summed E-state index contributed by atoms with van der Waals surface area (Å²) in [4.78, 5) is 24.9. The number of carbonyl (C=O) groups is 2. The van der Waals surface area contributed by atoms with Crippen LogP contribution in [-0.4, -0.2) is 17.7 Å². The summed E-state index contributed by atoms with van der Waals surface area (Å²) in [5, 5.41) is 0. The number of Topliss-reactive ketones (excluding diaryl/α,β-unsaturated/α-hetero) is 1. The van der Waals surface area contributed by atoms with Crippen LogP contribution in [-0.2, 0) is 9.59 Å². The van der Waals surface area contributed by atoms with Gasteiger partial charge in [-0.1, -0.05) is 38.1 Å². The molecule has 0 unspecified atom stereocenters. The molecule has 6 atom stereocenters. The first-order chi connectivity index (χ1) is 13.4. The van der Waals surface area contributed by atoms with Crippen LogP contribution < -0.4 is 4.74 Å². The van der Waals surface area contributed by atoms with Crippen molar-refractivity contribution < 1.29 is 14.3 Å². The van der Waals surface area contributed by atoms with Crippen LogP contribution in [0.25, 0.3) is 0 Å². The second-order valence-corrected chi connectivity index (χ2v) is 9.57. The van der Waals surface area contributed by atoms with Crippen molar-refractivity contribution in [3.8, 4) is 5.75 Å². The van der Waals surface area contributed by atoms with Crippen molar-refractivity contribution in [2.24, 2.45) is 28.6 Å². The van der Waals surface area contributed by atoms with E-state index in [4.69, 9.17) is 4.74 Å². The van der Waals surface area contributed by atoms with Crippen LogP contribution in [0.2, 0.25) is 0 Å². The summed E-state index contributed by atoms with van der Waals surface area (Å²) in [7, 11) is 0. The maximum atomic E-state index is 12.7. The number of hydrogen-bond acceptors (Lipinski definition) is 3. The summed E-state index contributed by atoms with van der Waals surface area (Å²) in [6, 6.07) is 9.90. The Hall–Kier alpha value is -2.16. The molecule has 0 aromatic heterocycles. The smallest absolute Gasteiger partial charge is 0.178 e. The molecule has 0 saturated heterocycles. The van der Waals surface area contributed by atoms with Gasteiger partial charge in [0.15, 0.2) is 5.78 Å². The summed E-state index contributed by atoms with van der Waals surface area (Å²) in [5.74, 6) is 2.73. The Bertz CT molecular complexity index is 882. The number of ketones is 2. The molecule has 0 amide bonds. The molecule has 0 heterocycles. The quantitative estimate of drug-likeness (QED) is 0.736. The Balaban J connectivity index is 1.55. The minimum atomic E-state index is -0.163. The maximum Gasteiger partial charge on any atom is 0.178 e. The van der Waals surface area contributed by atoms with E-state index < -0.39 is 0 Å². The molecule has 146 valence electrons. The van der Waals surface area contributed by atoms with Crippen molar-refractivity contribution in [3.63, 3.8) is 0 Å². The SMILES string of the molecule is C[C@]12C=CC(=O)C=C1[C@H](Oc1ccccc1)C[C@@H]1[C@@H]2CC[C@]2(C)C(=O)CC[C@@H]12. The molecule has 5 rings (SSSR count). The fraction of sp³-hybridized carbons (Fsp3) is 0.520. The Morgan fingerprint density at radius 3 is 2.61 bits per heavy atom. The number of benzene rings is 1. The molecule has 0 N–H and O–H groups in total. The molecule has 0 spiro atoms. The van der Waals surface area contributed by atoms with E-state index in [-0.39, 0.29) is 22.7 Å². The van der Waals surface area contributed by atoms with Gasteiger partial charge in [-0.2, -0.15) is 0 Å². The van der Waals surface area contributed by atoms with Crippen molar-refractivity contribution in [1.29, 1.82) is 0 Å². The maximum absolute atomic E-state index is 12.7. The molecular formula is C25H28O3. The van der Waals surface area contributed by atoms with Crippen molar-refractivity contribution in [3.05, 3.63) is 54.1 Å². The van der Waals surface area contributed by atoms with Crippen LogP contribution in [0.15, 0.2) is 54.1 Å². The van der Waals surface area contributed by atoms with E-state index in [9.17, 15) is 9.59 Å². The van der Waals surface area contributed by atoms with Gasteiger partial charge in [0.05, 0.1) is 0 Å². The first-order valence-electron chi connectivity index (χ1n) is 10.6. The zero-order valence-corrected chi connectivity index (χ0v) is 16.7. The molecule has 3 saturated carbocycles. The Morgan fingerprint density at radius 1 is 1.04 bits per heavy atom. The third-order valence-electron chi connectivity index (χ3n) is 8.28. The number of rotatable bonds is 2. The lowest BCUT2D eigenvalue weighted by atomic mass is 9.48. The summed E-state index contributed by atoms with van der Waals surface area (Å²) < 4.78 is 6.46. The number of hydrogen-bond donors (Lipinski definition) is 0. The largest absolute Gasteiger partial charge is 0.486 e. The van der Waals surface area contributed by atoms with Crippen LogP contribution >= 0.6 is 0 Å². The summed E-state index contributed by atoms with van der Waals surface area (Å²) >= 11 is 0. The van der Waals surface area contributed by atoms with Gasteiger partial charge in [0, 0.05) is 17.3 Å². The summed E-state index contributed by atoms with van der Waals surface area (Å²) in [6.07, 6.45) is 10.2. The first-order valence-corrected chi connectivity index (χ1v) is 10.6. The van der Waals surface area contributed by atoms with Gasteiger partial charge in [0.2, 0.25) is 0 Å². The molecule has 1 aromatic rings. The molecule has 3 nitrogen and oxygen atoms in total. The second kappa shape index (κ2) is 6.17. The Labute approximate surface area is 166 Å². The van der Waals surface area contributed by atoms with E-state index >= 15 is 0 Å². The standard InChI is InChI=1S/C25H28O3/c1-24-12-10-16(26)14-21(24)22(28-17-6-4-3-5-7-17)15-18-19-8-9-23(27)25(19,2)13-11-20(18)24/h3-7,10,12,14,18-20,22H,8-9,11,13,15H2,1-2H3/t18-,19-,20-,22+,24+,25-/m0/s1. The molecule has 4 aliphatic rings. The fourth-order valence-electron chi connectivity index (χ4n) is 6.77. The highest BCUT2D eigenvalue weighted by atomic mass is 16.5. The minimum absolute atomic E-state index is 0.0595. The van der Waals surface area contributed by atoms with Crippen molar-refractivity contribution in [1.82, 2.24) is 0 Å². The molecular weight excluding hydrogens is 348 g/mol. The van der Waals surface area contributed by atoms with E-state index in [2.05, 4.69) is 19.9 Å². The normalized spacial score (nSPS) is 41.7. The van der Waals surface area contributed by atoms with Crippen molar-refractivity contribution >= 4 is 11.6 Å². The summed E-state index contributed by atoms with van der Waals surface area (Å²) in [5.41, 5.74) is 0.797. The third kappa shape index (κ3) is 2.48. The van der Waals surface area contributed by atoms with E-state index in [1.165, 1.54) is 0 Å². The predicted molar refractivity (Wildman–Crippen MR) is 108 cm³/mol. The van der Waals surface area contributed by atoms with Gasteiger partial charge in [0.25, 0.3) is 0 Å². The monoisotopic (exact) mass is 376 g/mol. The van der Waals surface area contributed by atoms with E-state index in [0.29, 0.717) is 23.5 Å². The van der Waals surface area contributed by atoms with Crippen LogP contribution in [0.5, 0.6) is 5.75 Å². The van der Waals surface area contributed by atoms with Gasteiger partial charge in [-0.25, -0.2) is 0 Å². The lowest BCUT2D eigenvalue weighted by Crippen LogP contribution is -2.54. The highest BCUT2D eigenvalue weighted by Gasteiger charge is 2.60. The number of carbonyl (C=O) groups excluding carboxylic acids is 2. The van der Waals surface area contributed by atoms with Crippen molar-refractivity contribution in [2.75, 3.05) is 0 Å². The third-order valence-corrected chi connectivity index (χ3v) is 8.28. The van der Waals surface area contributed by atoms with Gasteiger partial charge in [0.1, 0.15) is 17.6 Å². The summed E-state index contributed by atoms with van der Waals surface area (Å²) in [6.45, 7) is 4.48. The van der Waals surface area contributed by atoms with Gasteiger partial charge < -0.3 is 4.74 Å². The number of ether oxygens (including phenoxy) is 1. The van der Waals surface area contributed by atoms with Crippen LogP contribution in [0.1, 0.15) is 46.0 Å². The van der Waals surface area contributed by atoms with Gasteiger partial charge in [-0.3, -0.25) is 9.59 Å². The van der Waals surface area contributed by atoms with E-state index in [0.717, 1.165) is 43.4 Å². The molecule has 3 heteroatoms. The molecule has 0 radical (unpaired) electrons. The Morgan fingerprint density at radius 2 is 1.82 bits per heavy atom. The number of allylic oxidation sites excluding steroid dienone is 3.